The lowest BCUT2D eigenvalue weighted by Crippen LogP contribution is -2.61. The van der Waals surface area contributed by atoms with Gasteiger partial charge in [-0.25, -0.2) is 4.79 Å². The van der Waals surface area contributed by atoms with Crippen LogP contribution in [0.25, 0.3) is 0 Å². The van der Waals surface area contributed by atoms with E-state index in [9.17, 15) is 34.5 Å². The molecule has 1 saturated heterocycles. The second-order valence-electron chi connectivity index (χ2n) is 19.9. The number of rotatable bonds is 49. The highest BCUT2D eigenvalue weighted by atomic mass is 16.7. The molecule has 1 aliphatic heterocycles. The molecule has 6 unspecified atom stereocenters. The quantitative estimate of drug-likeness (QED) is 0.0228. The van der Waals surface area contributed by atoms with Crippen LogP contribution in [-0.4, -0.2) is 89.2 Å². The Labute approximate surface area is 488 Å². The molecular formula is C69H104O12. The summed E-state index contributed by atoms with van der Waals surface area (Å²) in [5, 5.41) is 31.5. The largest absolute Gasteiger partial charge is 0.479 e. The van der Waals surface area contributed by atoms with E-state index in [0.717, 1.165) is 109 Å². The van der Waals surface area contributed by atoms with Crippen molar-refractivity contribution in [1.82, 2.24) is 0 Å². The molecule has 81 heavy (non-hydrogen) atoms. The van der Waals surface area contributed by atoms with Gasteiger partial charge in [0, 0.05) is 12.8 Å². The first-order valence-corrected chi connectivity index (χ1v) is 30.5. The average Bonchev–Trinajstić information content (AvgIpc) is 3.52. The molecular weight excluding hydrogens is 1020 g/mol. The number of carbonyl (C=O) groups excluding carboxylic acids is 3. The lowest BCUT2D eigenvalue weighted by Gasteiger charge is -2.40. The topological polar surface area (TPSA) is 175 Å². The van der Waals surface area contributed by atoms with Crippen LogP contribution in [0, 0.1) is 0 Å². The molecule has 0 aromatic heterocycles. The zero-order valence-corrected chi connectivity index (χ0v) is 49.7. The van der Waals surface area contributed by atoms with Gasteiger partial charge >= 0.3 is 23.9 Å². The van der Waals surface area contributed by atoms with Gasteiger partial charge in [-0.2, -0.15) is 0 Å². The van der Waals surface area contributed by atoms with Crippen molar-refractivity contribution in [2.45, 2.75) is 237 Å². The molecule has 0 aromatic rings. The molecule has 452 valence electrons. The van der Waals surface area contributed by atoms with E-state index in [-0.39, 0.29) is 25.9 Å². The number of esters is 3. The SMILES string of the molecule is CC/C=C\C/C=C\C/C=C\C/C=C\C/C=C\CCCC(=O)OC(COC(=O)CCCCCCCC/C=C\C/C=C\C/C=C\CCCCC)COC1OC(C(=O)O)C(O)C(O)C1OC(=O)C/C=C\C/C=C\C/C=C\C/C=C\C/C=C\CC. The number of carbonyl (C=O) groups is 4. The molecule has 1 fully saturated rings. The summed E-state index contributed by atoms with van der Waals surface area (Å²) in [4.78, 5) is 51.1. The summed E-state index contributed by atoms with van der Waals surface area (Å²) < 4.78 is 28.2. The Morgan fingerprint density at radius 2 is 0.827 bits per heavy atom. The third kappa shape index (κ3) is 44.7. The van der Waals surface area contributed by atoms with E-state index in [1.54, 1.807) is 12.2 Å². The molecule has 12 nitrogen and oxygen atoms in total. The second-order valence-corrected chi connectivity index (χ2v) is 19.9. The van der Waals surface area contributed by atoms with Gasteiger partial charge in [-0.1, -0.05) is 217 Å². The number of hydrogen-bond acceptors (Lipinski definition) is 11. The normalized spacial score (nSPS) is 18.9. The number of aliphatic carboxylic acids is 1. The summed E-state index contributed by atoms with van der Waals surface area (Å²) >= 11 is 0. The summed E-state index contributed by atoms with van der Waals surface area (Å²) in [5.74, 6) is -3.41. The van der Waals surface area contributed by atoms with E-state index in [0.29, 0.717) is 25.7 Å². The van der Waals surface area contributed by atoms with Gasteiger partial charge in [0.25, 0.3) is 0 Å². The highest BCUT2D eigenvalue weighted by Crippen LogP contribution is 2.26. The first kappa shape index (κ1) is 73.4. The van der Waals surface area contributed by atoms with Gasteiger partial charge in [0.1, 0.15) is 18.8 Å². The maximum atomic E-state index is 13.2. The summed E-state index contributed by atoms with van der Waals surface area (Å²) in [6.07, 6.45) is 68.1. The third-order valence-electron chi connectivity index (χ3n) is 12.6. The number of carboxylic acid groups (broad SMARTS) is 1. The van der Waals surface area contributed by atoms with Crippen LogP contribution in [0.4, 0.5) is 0 Å². The number of ether oxygens (including phenoxy) is 5. The van der Waals surface area contributed by atoms with Crippen molar-refractivity contribution in [3.05, 3.63) is 158 Å². The van der Waals surface area contributed by atoms with Crippen LogP contribution < -0.4 is 0 Å². The second kappa shape index (κ2) is 54.9. The predicted molar refractivity (Wildman–Crippen MR) is 330 cm³/mol. The van der Waals surface area contributed by atoms with E-state index in [1.807, 2.05) is 24.3 Å². The Hall–Kier alpha value is -5.66. The molecule has 0 radical (unpaired) electrons. The van der Waals surface area contributed by atoms with E-state index in [1.165, 1.54) is 25.7 Å². The Bertz CT molecular complexity index is 2010. The Balaban J connectivity index is 2.79. The van der Waals surface area contributed by atoms with Crippen LogP contribution in [0.1, 0.15) is 201 Å². The van der Waals surface area contributed by atoms with E-state index in [4.69, 9.17) is 23.7 Å². The average molecular weight is 1130 g/mol. The zero-order valence-electron chi connectivity index (χ0n) is 49.7. The minimum Gasteiger partial charge on any atom is -0.479 e. The smallest absolute Gasteiger partial charge is 0.335 e. The molecule has 12 heteroatoms. The van der Waals surface area contributed by atoms with E-state index >= 15 is 0 Å². The Morgan fingerprint density at radius 1 is 0.432 bits per heavy atom. The van der Waals surface area contributed by atoms with Gasteiger partial charge in [0.05, 0.1) is 13.0 Å². The number of carboxylic acids is 1. The van der Waals surface area contributed by atoms with Crippen molar-refractivity contribution >= 4 is 23.9 Å². The van der Waals surface area contributed by atoms with Crippen molar-refractivity contribution < 1.29 is 58.2 Å². The Kier molecular flexibility index (Phi) is 49.7. The van der Waals surface area contributed by atoms with Gasteiger partial charge in [0.15, 0.2) is 24.6 Å². The summed E-state index contributed by atoms with van der Waals surface area (Å²) in [6.45, 7) is 5.62. The molecule has 0 bridgehead atoms. The van der Waals surface area contributed by atoms with Crippen molar-refractivity contribution in [3.8, 4) is 0 Å². The van der Waals surface area contributed by atoms with E-state index < -0.39 is 67.3 Å². The number of hydrogen-bond donors (Lipinski definition) is 3. The highest BCUT2D eigenvalue weighted by Gasteiger charge is 2.50. The van der Waals surface area contributed by atoms with Crippen molar-refractivity contribution in [2.75, 3.05) is 13.2 Å². The molecule has 1 aliphatic rings. The number of aliphatic hydroxyl groups excluding tert-OH is 2. The number of aliphatic hydroxyl groups is 2. The van der Waals surface area contributed by atoms with Gasteiger partial charge in [0.2, 0.25) is 0 Å². The summed E-state index contributed by atoms with van der Waals surface area (Å²) in [5.41, 5.74) is 0. The molecule has 1 heterocycles. The predicted octanol–water partition coefficient (Wildman–Crippen LogP) is 16.1. The molecule has 0 aliphatic carbocycles. The molecule has 0 aromatic carbocycles. The van der Waals surface area contributed by atoms with Crippen molar-refractivity contribution in [1.29, 1.82) is 0 Å². The molecule has 0 spiro atoms. The molecule has 0 amide bonds. The van der Waals surface area contributed by atoms with Crippen LogP contribution >= 0.6 is 0 Å². The van der Waals surface area contributed by atoms with Crippen molar-refractivity contribution in [2.24, 2.45) is 0 Å². The van der Waals surface area contributed by atoms with Crippen LogP contribution in [0.3, 0.4) is 0 Å². The van der Waals surface area contributed by atoms with Gasteiger partial charge in [-0.3, -0.25) is 14.4 Å². The molecule has 1 rings (SSSR count). The zero-order chi connectivity index (χ0) is 58.9. The Morgan fingerprint density at radius 3 is 1.28 bits per heavy atom. The van der Waals surface area contributed by atoms with Gasteiger partial charge in [-0.15, -0.1) is 0 Å². The lowest BCUT2D eigenvalue weighted by atomic mass is 9.98. The third-order valence-corrected chi connectivity index (χ3v) is 12.6. The number of allylic oxidation sites excluding steroid dienone is 25. The van der Waals surface area contributed by atoms with Gasteiger partial charge in [-0.05, 0) is 122 Å². The van der Waals surface area contributed by atoms with Gasteiger partial charge < -0.3 is 39.0 Å². The highest BCUT2D eigenvalue weighted by molar-refractivity contribution is 5.74. The van der Waals surface area contributed by atoms with Crippen LogP contribution in [-0.2, 0) is 42.9 Å². The minimum absolute atomic E-state index is 0.0612. The molecule has 6 atom stereocenters. The first-order valence-electron chi connectivity index (χ1n) is 30.5. The molecule has 0 saturated carbocycles. The van der Waals surface area contributed by atoms with Crippen LogP contribution in [0.15, 0.2) is 158 Å². The summed E-state index contributed by atoms with van der Waals surface area (Å²) in [7, 11) is 0. The van der Waals surface area contributed by atoms with Crippen LogP contribution in [0.5, 0.6) is 0 Å². The van der Waals surface area contributed by atoms with Crippen molar-refractivity contribution in [3.63, 3.8) is 0 Å². The maximum Gasteiger partial charge on any atom is 0.335 e. The lowest BCUT2D eigenvalue weighted by molar-refractivity contribution is -0.301. The standard InChI is InChI=1S/C69H104O12/c1-4-7-10-13-16-19-22-25-28-30-31-33-35-37-40-43-46-49-52-55-61(70)77-58-60(79-62(71)56-53-50-47-44-41-39-36-32-29-26-23-20-17-14-11-8-5-2)59-78-69-67(65(74)64(73)66(81-69)68(75)76)80-63(72)57-54-51-48-45-42-38-34-27-24-21-18-15-12-9-6-3/h8-9,11-12,16-21,25-29,31,33-34,36,39,42,44-45,47,51,54,60,64-67,69,73-74H,4-7,10,13-15,22-24,30,32,35,37-38,40-41,43,46,48-50,52-53,55-59H2,1-3H3,(H,75,76)/b11-8-,12-9-,19-16-,20-17-,21-18-,28-25-,29-26-,33-31-,34-27-,39-36-,45-42-,47-44-,54-51-. The summed E-state index contributed by atoms with van der Waals surface area (Å²) in [6, 6.07) is 0. The minimum atomic E-state index is -1.95. The fourth-order valence-electron chi connectivity index (χ4n) is 8.01. The first-order chi connectivity index (χ1) is 39.6. The fraction of sp³-hybridized carbons (Fsp3) is 0.565. The maximum absolute atomic E-state index is 13.2. The monoisotopic (exact) mass is 1120 g/mol. The fourth-order valence-corrected chi connectivity index (χ4v) is 8.01. The molecule has 3 N–H and O–H groups in total. The van der Waals surface area contributed by atoms with Crippen LogP contribution in [0.2, 0.25) is 0 Å². The van der Waals surface area contributed by atoms with E-state index in [2.05, 4.69) is 142 Å². The number of unbranched alkanes of at least 4 members (excludes halogenated alkanes) is 10.